The summed E-state index contributed by atoms with van der Waals surface area (Å²) in [7, 11) is 0. The molecule has 1 heterocycles. The van der Waals surface area contributed by atoms with Gasteiger partial charge in [-0.25, -0.2) is 0 Å². The minimum Gasteiger partial charge on any atom is -0.305 e. The van der Waals surface area contributed by atoms with Crippen LogP contribution < -0.4 is 4.90 Å². The number of ketones is 1. The Morgan fingerprint density at radius 3 is 2.64 bits per heavy atom. The summed E-state index contributed by atoms with van der Waals surface area (Å²) in [4.78, 5) is 23.9. The summed E-state index contributed by atoms with van der Waals surface area (Å²) in [6, 6.07) is 7.37. The van der Waals surface area contributed by atoms with Gasteiger partial charge in [-0.15, -0.1) is 0 Å². The number of nitrogens with zero attached hydrogens (tertiary/aromatic N) is 1. The molecule has 0 bridgehead atoms. The largest absolute Gasteiger partial charge is 0.305 e. The summed E-state index contributed by atoms with van der Waals surface area (Å²) in [6.07, 6.45) is 0.0342. The third-order valence-corrected chi connectivity index (χ3v) is 2.60. The number of hydrogen-bond donors (Lipinski definition) is 0. The second kappa shape index (κ2) is 3.53. The smallest absolute Gasteiger partial charge is 0.234 e. The lowest BCUT2D eigenvalue weighted by Gasteiger charge is -2.14. The van der Waals surface area contributed by atoms with E-state index in [4.69, 9.17) is 0 Å². The molecule has 1 aliphatic rings. The standard InChI is InChI=1S/C10H8BrNO2/c11-7-2-1-3-8(4-7)12-6-9(13)5-10(12)14/h1-4H,5-6H2. The number of halogens is 1. The Labute approximate surface area is 89.8 Å². The van der Waals surface area contributed by atoms with E-state index in [0.717, 1.165) is 10.2 Å². The normalized spacial score (nSPS) is 16.5. The van der Waals surface area contributed by atoms with Crippen LogP contribution in [0.4, 0.5) is 5.69 Å². The van der Waals surface area contributed by atoms with Crippen LogP contribution in [0.2, 0.25) is 0 Å². The van der Waals surface area contributed by atoms with E-state index in [1.54, 1.807) is 0 Å². The average Bonchev–Trinajstić information content (AvgIpc) is 2.45. The number of hydrogen-bond acceptors (Lipinski definition) is 2. The highest BCUT2D eigenvalue weighted by Crippen LogP contribution is 2.23. The molecular weight excluding hydrogens is 246 g/mol. The van der Waals surface area contributed by atoms with Crippen LogP contribution in [0.1, 0.15) is 6.42 Å². The SMILES string of the molecule is O=C1CC(=O)N(c2cccc(Br)c2)C1. The van der Waals surface area contributed by atoms with E-state index in [1.807, 2.05) is 24.3 Å². The first-order chi connectivity index (χ1) is 6.66. The zero-order chi connectivity index (χ0) is 10.1. The van der Waals surface area contributed by atoms with Crippen molar-refractivity contribution in [3.8, 4) is 0 Å². The summed E-state index contributed by atoms with van der Waals surface area (Å²) in [5.74, 6) is -0.136. The van der Waals surface area contributed by atoms with E-state index in [2.05, 4.69) is 15.9 Å². The fourth-order valence-corrected chi connectivity index (χ4v) is 1.85. The molecule has 4 heteroatoms. The average molecular weight is 254 g/mol. The summed E-state index contributed by atoms with van der Waals surface area (Å²) >= 11 is 3.32. The first-order valence-corrected chi connectivity index (χ1v) is 5.04. The first-order valence-electron chi connectivity index (χ1n) is 4.24. The molecule has 14 heavy (non-hydrogen) atoms. The molecule has 0 saturated carbocycles. The van der Waals surface area contributed by atoms with Crippen LogP contribution in [0.25, 0.3) is 0 Å². The molecule has 1 saturated heterocycles. The van der Waals surface area contributed by atoms with Crippen molar-refractivity contribution < 1.29 is 9.59 Å². The van der Waals surface area contributed by atoms with Crippen LogP contribution in [-0.2, 0) is 9.59 Å². The Balaban J connectivity index is 2.31. The summed E-state index contributed by atoms with van der Waals surface area (Å²) in [6.45, 7) is 0.204. The minimum absolute atomic E-state index is 0.0185. The molecule has 0 aliphatic carbocycles. The number of anilines is 1. The number of carbonyl (C=O) groups excluding carboxylic acids is 2. The fourth-order valence-electron chi connectivity index (χ4n) is 1.46. The van der Waals surface area contributed by atoms with Crippen molar-refractivity contribution in [3.05, 3.63) is 28.7 Å². The van der Waals surface area contributed by atoms with Crippen molar-refractivity contribution in [2.45, 2.75) is 6.42 Å². The molecule has 0 atom stereocenters. The third-order valence-electron chi connectivity index (χ3n) is 2.10. The van der Waals surface area contributed by atoms with Crippen LogP contribution >= 0.6 is 15.9 Å². The van der Waals surface area contributed by atoms with E-state index >= 15 is 0 Å². The Kier molecular flexibility index (Phi) is 2.37. The van der Waals surface area contributed by atoms with Crippen LogP contribution in [0.15, 0.2) is 28.7 Å². The molecule has 0 spiro atoms. The number of Topliss-reactive ketones (excluding diaryl/α,β-unsaturated/α-hetero) is 1. The van der Waals surface area contributed by atoms with Crippen molar-refractivity contribution in [1.82, 2.24) is 0 Å². The van der Waals surface area contributed by atoms with Gasteiger partial charge in [-0.1, -0.05) is 22.0 Å². The number of carbonyl (C=O) groups is 2. The maximum Gasteiger partial charge on any atom is 0.234 e. The van der Waals surface area contributed by atoms with E-state index in [1.165, 1.54) is 4.90 Å². The van der Waals surface area contributed by atoms with Gasteiger partial charge < -0.3 is 4.90 Å². The highest BCUT2D eigenvalue weighted by Gasteiger charge is 2.28. The Bertz CT molecular complexity index is 403. The topological polar surface area (TPSA) is 37.4 Å². The van der Waals surface area contributed by atoms with Gasteiger partial charge in [-0.2, -0.15) is 0 Å². The molecule has 2 rings (SSSR count). The molecular formula is C10H8BrNO2. The van der Waals surface area contributed by atoms with Crippen LogP contribution in [-0.4, -0.2) is 18.2 Å². The van der Waals surface area contributed by atoms with Gasteiger partial charge in [-0.05, 0) is 18.2 Å². The van der Waals surface area contributed by atoms with E-state index in [0.29, 0.717) is 0 Å². The quantitative estimate of drug-likeness (QED) is 0.716. The Morgan fingerprint density at radius 2 is 2.07 bits per heavy atom. The Morgan fingerprint density at radius 1 is 1.29 bits per heavy atom. The van der Waals surface area contributed by atoms with Crippen molar-refractivity contribution in [2.75, 3.05) is 11.4 Å². The first kappa shape index (κ1) is 9.40. The van der Waals surface area contributed by atoms with E-state index in [-0.39, 0.29) is 24.7 Å². The maximum atomic E-state index is 11.4. The molecule has 1 aromatic carbocycles. The Hall–Kier alpha value is -1.16. The zero-order valence-corrected chi connectivity index (χ0v) is 8.95. The van der Waals surface area contributed by atoms with Crippen LogP contribution in [0.5, 0.6) is 0 Å². The van der Waals surface area contributed by atoms with Gasteiger partial charge in [0.2, 0.25) is 5.91 Å². The highest BCUT2D eigenvalue weighted by molar-refractivity contribution is 9.10. The zero-order valence-electron chi connectivity index (χ0n) is 7.37. The van der Waals surface area contributed by atoms with Gasteiger partial charge in [0, 0.05) is 10.2 Å². The monoisotopic (exact) mass is 253 g/mol. The second-order valence-corrected chi connectivity index (χ2v) is 4.09. The molecule has 0 radical (unpaired) electrons. The molecule has 1 fully saturated rings. The summed E-state index contributed by atoms with van der Waals surface area (Å²) < 4.78 is 0.905. The van der Waals surface area contributed by atoms with Gasteiger partial charge in [0.05, 0.1) is 13.0 Å². The van der Waals surface area contributed by atoms with Crippen molar-refractivity contribution in [1.29, 1.82) is 0 Å². The predicted octanol–water partition coefficient (Wildman–Crippen LogP) is 1.75. The summed E-state index contributed by atoms with van der Waals surface area (Å²) in [5, 5.41) is 0. The summed E-state index contributed by atoms with van der Waals surface area (Å²) in [5.41, 5.74) is 0.773. The van der Waals surface area contributed by atoms with Crippen molar-refractivity contribution >= 4 is 33.3 Å². The molecule has 1 amide bonds. The molecule has 0 unspecified atom stereocenters. The van der Waals surface area contributed by atoms with Crippen LogP contribution in [0, 0.1) is 0 Å². The second-order valence-electron chi connectivity index (χ2n) is 3.18. The van der Waals surface area contributed by atoms with Crippen molar-refractivity contribution in [3.63, 3.8) is 0 Å². The molecule has 72 valence electrons. The number of amides is 1. The van der Waals surface area contributed by atoms with Gasteiger partial charge in [0.25, 0.3) is 0 Å². The van der Waals surface area contributed by atoms with E-state index < -0.39 is 0 Å². The van der Waals surface area contributed by atoms with Gasteiger partial charge in [0.15, 0.2) is 5.78 Å². The fraction of sp³-hybridized carbons (Fsp3) is 0.200. The third kappa shape index (κ3) is 1.70. The molecule has 0 N–H and O–H groups in total. The molecule has 0 aromatic heterocycles. The van der Waals surface area contributed by atoms with Crippen LogP contribution in [0.3, 0.4) is 0 Å². The maximum absolute atomic E-state index is 11.4. The van der Waals surface area contributed by atoms with Gasteiger partial charge in [-0.3, -0.25) is 9.59 Å². The lowest BCUT2D eigenvalue weighted by Crippen LogP contribution is -2.24. The molecule has 3 nitrogen and oxygen atoms in total. The van der Waals surface area contributed by atoms with Gasteiger partial charge in [0.1, 0.15) is 0 Å². The number of rotatable bonds is 1. The lowest BCUT2D eigenvalue weighted by molar-refractivity contribution is -0.121. The van der Waals surface area contributed by atoms with Crippen molar-refractivity contribution in [2.24, 2.45) is 0 Å². The van der Waals surface area contributed by atoms with E-state index in [9.17, 15) is 9.59 Å². The molecule has 1 aromatic rings. The number of benzene rings is 1. The molecule has 1 aliphatic heterocycles. The van der Waals surface area contributed by atoms with Gasteiger partial charge >= 0.3 is 0 Å². The highest BCUT2D eigenvalue weighted by atomic mass is 79.9. The minimum atomic E-state index is -0.117. The predicted molar refractivity (Wildman–Crippen MR) is 56.1 cm³/mol. The lowest BCUT2D eigenvalue weighted by atomic mass is 10.3.